The summed E-state index contributed by atoms with van der Waals surface area (Å²) in [5.41, 5.74) is 6.08. The average molecular weight is 930 g/mol. The van der Waals surface area contributed by atoms with Crippen LogP contribution >= 0.6 is 7.81 Å². The van der Waals surface area contributed by atoms with Gasteiger partial charge in [-0.3, -0.25) is 29.0 Å². The number of piperidine rings is 4. The van der Waals surface area contributed by atoms with Crippen molar-refractivity contribution in [1.29, 1.82) is 0 Å². The van der Waals surface area contributed by atoms with Gasteiger partial charge in [-0.25, -0.2) is 8.78 Å². The summed E-state index contributed by atoms with van der Waals surface area (Å²) in [7, 11) is -10.7. The first-order chi connectivity index (χ1) is 22.7. The van der Waals surface area contributed by atoms with Crippen LogP contribution < -0.4 is 0 Å². The summed E-state index contributed by atoms with van der Waals surface area (Å²) in [6.45, 7) is 2.70. The van der Waals surface area contributed by atoms with Gasteiger partial charge in [0.2, 0.25) is 0 Å². The van der Waals surface area contributed by atoms with Gasteiger partial charge >= 0.3 is 33.0 Å². The Bertz CT molecular complexity index is 1190. The fraction of sp³-hybridized carbons (Fsp3) is 0.625. The summed E-state index contributed by atoms with van der Waals surface area (Å²) in [5.74, 6) is -1.16. The van der Waals surface area contributed by atoms with E-state index in [1.165, 1.54) is 12.2 Å². The van der Waals surface area contributed by atoms with Gasteiger partial charge in [0.15, 0.2) is 0 Å². The van der Waals surface area contributed by atoms with E-state index in [4.69, 9.17) is 0 Å². The average Bonchev–Trinajstić information content (AvgIpc) is 3.01. The first kappa shape index (κ1) is 44.5. The van der Waals surface area contributed by atoms with Crippen LogP contribution in [-0.2, 0) is 20.1 Å². The van der Waals surface area contributed by atoms with Crippen molar-refractivity contribution in [3.8, 4) is 0 Å². The van der Waals surface area contributed by atoms with Gasteiger partial charge < -0.3 is 21.3 Å². The molecule has 0 bridgehead atoms. The summed E-state index contributed by atoms with van der Waals surface area (Å²) in [6, 6.07) is -0.358. The fourth-order valence-corrected chi connectivity index (χ4v) is 5.70. The molecule has 1 radical (unpaired) electrons. The Morgan fingerprint density at radius 1 is 0.580 bits per heavy atom. The molecule has 4 aliphatic heterocycles. The zero-order valence-electron chi connectivity index (χ0n) is 26.8. The quantitative estimate of drug-likeness (QED) is 0.117. The molecule has 4 heterocycles. The monoisotopic (exact) mass is 930 g/mol. The molecule has 50 heavy (non-hydrogen) atoms. The third-order valence-electron chi connectivity index (χ3n) is 7.96. The third-order valence-corrected chi connectivity index (χ3v) is 7.96. The van der Waals surface area contributed by atoms with Gasteiger partial charge in [0.05, 0.1) is 12.3 Å². The number of alkyl halides is 2. The zero-order valence-corrected chi connectivity index (χ0v) is 30.1. The molecule has 0 N–H and O–H groups in total. The van der Waals surface area contributed by atoms with E-state index in [0.717, 1.165) is 63.8 Å². The Kier molecular flexibility index (Phi) is 16.8. The minimum absolute atomic E-state index is 0. The zero-order chi connectivity index (χ0) is 36.3. The molecule has 0 spiro atoms. The van der Waals surface area contributed by atoms with Crippen LogP contribution in [0.2, 0.25) is 0 Å². The Morgan fingerprint density at radius 2 is 0.940 bits per heavy atom. The summed E-state index contributed by atoms with van der Waals surface area (Å²) >= 11 is 0. The molecule has 6 aliphatic rings. The predicted octanol–water partition coefficient (Wildman–Crippen LogP) is 12.8. The third kappa shape index (κ3) is 18.2. The number of allylic oxidation sites excluding steroid dienone is 4. The van der Waals surface area contributed by atoms with E-state index in [1.807, 2.05) is 0 Å². The SMILES string of the molecule is FC1=C[C-](F)C(C2CCCC[N-]2)=C=C1.FC1=C[C-](F)C(C2CCCC[N-]2)=C=C1.FC1CC[N-]C(C2CC(F)CC[N-]2)C1.F[P-](F)(F)(F)(F)F.[Ir]. The Labute approximate surface area is 298 Å². The van der Waals surface area contributed by atoms with Gasteiger partial charge in [0.1, 0.15) is 0 Å². The Hall–Kier alpha value is -1.66. The van der Waals surface area contributed by atoms with Crippen LogP contribution in [0.5, 0.6) is 0 Å². The molecule has 291 valence electrons. The molecule has 6 unspecified atom stereocenters. The van der Waals surface area contributed by atoms with Crippen LogP contribution in [0.15, 0.2) is 58.6 Å². The molecule has 2 aliphatic carbocycles. The summed E-state index contributed by atoms with van der Waals surface area (Å²) in [4.78, 5) is 0. The van der Waals surface area contributed by atoms with Crippen molar-refractivity contribution in [3.63, 3.8) is 0 Å². The van der Waals surface area contributed by atoms with Crippen LogP contribution in [-0.4, -0.2) is 62.7 Å². The maximum atomic E-state index is 13.3. The van der Waals surface area contributed by atoms with Crippen LogP contribution in [0.3, 0.4) is 0 Å². The van der Waals surface area contributed by atoms with E-state index in [0.29, 0.717) is 49.9 Å². The normalized spacial score (nSPS) is 31.1. The van der Waals surface area contributed by atoms with Crippen molar-refractivity contribution in [2.45, 2.75) is 101 Å². The van der Waals surface area contributed by atoms with Gasteiger partial charge in [0.25, 0.3) is 0 Å². The van der Waals surface area contributed by atoms with Gasteiger partial charge in [-0.05, 0) is 25.7 Å². The van der Waals surface area contributed by atoms with E-state index < -0.39 is 44.1 Å². The summed E-state index contributed by atoms with van der Waals surface area (Å²) < 4.78 is 137. The molecule has 4 saturated heterocycles. The van der Waals surface area contributed by atoms with Crippen molar-refractivity contribution in [2.75, 3.05) is 26.2 Å². The fourth-order valence-electron chi connectivity index (χ4n) is 5.70. The van der Waals surface area contributed by atoms with Crippen LogP contribution in [0.1, 0.15) is 64.2 Å². The molecule has 0 aromatic rings. The number of nitrogens with zero attached hydrogens (tertiary/aromatic N) is 4. The standard InChI is InChI=1S/2C11H11F2N.C10H16F2N2.F6P.Ir/c2*12-8-4-5-9(10(13)7-8)11-3-1-2-6-14-11;11-7-1-3-13-9(5-7)10-6-8(12)2-4-14-10;1-7(2,3,4,5)6;/h2*4,7,11H,1-3,6H2;7-10H,1-6H2;;/q3*-2;-1;. The largest absolute Gasteiger partial charge is 0 e. The van der Waals surface area contributed by atoms with Gasteiger partial charge in [-0.1, -0.05) is 38.5 Å². The molecule has 0 saturated carbocycles. The minimum Gasteiger partial charge on any atom is 0 e. The van der Waals surface area contributed by atoms with Gasteiger partial charge in [-0.15, -0.1) is 85.8 Å². The molecule has 4 nitrogen and oxygen atoms in total. The van der Waals surface area contributed by atoms with Gasteiger partial charge in [0, 0.05) is 44.1 Å². The van der Waals surface area contributed by atoms with E-state index in [9.17, 15) is 51.5 Å². The second kappa shape index (κ2) is 18.9. The number of hydrogen-bond donors (Lipinski definition) is 0. The van der Waals surface area contributed by atoms with E-state index in [-0.39, 0.29) is 44.3 Å². The van der Waals surface area contributed by atoms with Crippen LogP contribution in [0, 0.1) is 12.3 Å². The van der Waals surface area contributed by atoms with E-state index >= 15 is 0 Å². The first-order valence-corrected chi connectivity index (χ1v) is 18.0. The molecule has 0 amide bonds. The molecule has 4 fully saturated rings. The van der Waals surface area contributed by atoms with E-state index in [2.05, 4.69) is 32.7 Å². The van der Waals surface area contributed by atoms with Crippen LogP contribution in [0.25, 0.3) is 21.3 Å². The van der Waals surface area contributed by atoms with Crippen molar-refractivity contribution in [1.82, 2.24) is 0 Å². The summed E-state index contributed by atoms with van der Waals surface area (Å²) in [5, 5.41) is 17.3. The minimum atomic E-state index is -10.7. The number of hydrogen-bond acceptors (Lipinski definition) is 0. The molecular formula is C32H38F12IrN4P-7. The maximum absolute atomic E-state index is 13.3. The molecule has 18 heteroatoms. The first-order valence-electron chi connectivity index (χ1n) is 16.0. The van der Waals surface area contributed by atoms with Crippen molar-refractivity contribution in [2.24, 2.45) is 0 Å². The van der Waals surface area contributed by atoms with E-state index in [1.54, 1.807) is 0 Å². The number of rotatable bonds is 3. The van der Waals surface area contributed by atoms with Crippen molar-refractivity contribution in [3.05, 3.63) is 92.2 Å². The maximum Gasteiger partial charge on any atom is 0 e. The Morgan fingerprint density at radius 3 is 1.22 bits per heavy atom. The smallest absolute Gasteiger partial charge is 0 e. The van der Waals surface area contributed by atoms with Gasteiger partial charge in [-0.2, -0.15) is 0 Å². The summed E-state index contributed by atoms with van der Waals surface area (Å²) in [6.07, 6.45) is 9.46. The second-order valence-electron chi connectivity index (χ2n) is 12.1. The Balaban J connectivity index is 0.000000236. The molecule has 6 rings (SSSR count). The van der Waals surface area contributed by atoms with Crippen molar-refractivity contribution < 1.29 is 71.6 Å². The second-order valence-corrected chi connectivity index (χ2v) is 14.1. The molecule has 0 aromatic carbocycles. The van der Waals surface area contributed by atoms with Crippen molar-refractivity contribution >= 4 is 7.81 Å². The topological polar surface area (TPSA) is 56.4 Å². The molecular weight excluding hydrogens is 892 g/mol. The number of halogens is 12. The molecule has 6 atom stereocenters. The van der Waals surface area contributed by atoms with Crippen LogP contribution in [0.4, 0.5) is 51.5 Å². The molecule has 0 aromatic heterocycles. The predicted molar refractivity (Wildman–Crippen MR) is 168 cm³/mol.